The van der Waals surface area contributed by atoms with Crippen LogP contribution in [-0.4, -0.2) is 28.4 Å². The predicted octanol–water partition coefficient (Wildman–Crippen LogP) is 1.75. The minimum Gasteiger partial charge on any atom is -0.328 e. The average molecular weight is 250 g/mol. The van der Waals surface area contributed by atoms with Gasteiger partial charge in [0.05, 0.1) is 5.69 Å². The van der Waals surface area contributed by atoms with E-state index in [0.717, 1.165) is 31.6 Å². The summed E-state index contributed by atoms with van der Waals surface area (Å²) in [7, 11) is 0. The Kier molecular flexibility index (Phi) is 4.78. The lowest BCUT2D eigenvalue weighted by Gasteiger charge is -2.27. The Morgan fingerprint density at radius 2 is 2.28 bits per heavy atom. The fourth-order valence-electron chi connectivity index (χ4n) is 2.85. The summed E-state index contributed by atoms with van der Waals surface area (Å²) >= 11 is 0. The van der Waals surface area contributed by atoms with Crippen molar-refractivity contribution in [1.29, 1.82) is 0 Å². The van der Waals surface area contributed by atoms with Gasteiger partial charge in [-0.25, -0.2) is 0 Å². The maximum Gasteiger partial charge on any atom is 0.0596 e. The van der Waals surface area contributed by atoms with Crippen molar-refractivity contribution in [1.82, 2.24) is 15.1 Å². The summed E-state index contributed by atoms with van der Waals surface area (Å²) in [6, 6.07) is 3.18. The molecule has 1 aromatic heterocycles. The second kappa shape index (κ2) is 6.34. The van der Waals surface area contributed by atoms with Crippen LogP contribution in [0, 0.1) is 13.8 Å². The van der Waals surface area contributed by atoms with E-state index in [1.807, 2.05) is 6.92 Å². The number of nitrogens with one attached hydrogen (secondary N) is 1. The quantitative estimate of drug-likeness (QED) is 0.783. The van der Waals surface area contributed by atoms with Crippen LogP contribution in [0.15, 0.2) is 6.07 Å². The van der Waals surface area contributed by atoms with Crippen molar-refractivity contribution in [3.63, 3.8) is 0 Å². The van der Waals surface area contributed by atoms with Crippen LogP contribution < -0.4 is 11.1 Å². The van der Waals surface area contributed by atoms with Gasteiger partial charge in [-0.05, 0) is 52.1 Å². The number of aromatic nitrogens is 2. The fraction of sp³-hybridized carbons (Fsp3) is 0.786. The number of hydrogen-bond donors (Lipinski definition) is 2. The van der Waals surface area contributed by atoms with E-state index in [1.165, 1.54) is 25.0 Å². The molecule has 18 heavy (non-hydrogen) atoms. The fourth-order valence-corrected chi connectivity index (χ4v) is 2.85. The van der Waals surface area contributed by atoms with Crippen molar-refractivity contribution in [2.45, 2.75) is 64.6 Å². The minimum absolute atomic E-state index is 0.409. The number of nitrogens with zero attached hydrogens (tertiary/aromatic N) is 2. The largest absolute Gasteiger partial charge is 0.328 e. The second-order valence-corrected chi connectivity index (χ2v) is 5.58. The number of nitrogens with two attached hydrogens (primary N) is 1. The van der Waals surface area contributed by atoms with E-state index >= 15 is 0 Å². The van der Waals surface area contributed by atoms with Gasteiger partial charge in [-0.2, -0.15) is 5.10 Å². The van der Waals surface area contributed by atoms with Gasteiger partial charge in [0, 0.05) is 24.3 Å². The maximum absolute atomic E-state index is 5.99. The summed E-state index contributed by atoms with van der Waals surface area (Å²) in [4.78, 5) is 0. The molecule has 2 unspecified atom stereocenters. The van der Waals surface area contributed by atoms with Crippen molar-refractivity contribution < 1.29 is 0 Å². The third kappa shape index (κ3) is 3.82. The van der Waals surface area contributed by atoms with Gasteiger partial charge in [-0.3, -0.25) is 4.68 Å². The lowest BCUT2D eigenvalue weighted by atomic mass is 9.91. The van der Waals surface area contributed by atoms with Gasteiger partial charge in [-0.1, -0.05) is 6.42 Å². The molecule has 0 bridgehead atoms. The molecule has 4 nitrogen and oxygen atoms in total. The molecule has 102 valence electrons. The summed E-state index contributed by atoms with van der Waals surface area (Å²) in [6.07, 6.45) is 6.03. The lowest BCUT2D eigenvalue weighted by Crippen LogP contribution is -2.39. The van der Waals surface area contributed by atoms with Crippen molar-refractivity contribution in [2.75, 3.05) is 6.54 Å². The van der Waals surface area contributed by atoms with Crippen LogP contribution in [0.5, 0.6) is 0 Å². The third-order valence-corrected chi connectivity index (χ3v) is 3.80. The molecule has 1 aliphatic rings. The number of hydrogen-bond acceptors (Lipinski definition) is 3. The summed E-state index contributed by atoms with van der Waals surface area (Å²) < 4.78 is 2.10. The molecule has 1 heterocycles. The zero-order chi connectivity index (χ0) is 13.0. The van der Waals surface area contributed by atoms with Crippen molar-refractivity contribution in [3.8, 4) is 0 Å². The average Bonchev–Trinajstić information content (AvgIpc) is 2.64. The standard InChI is InChI=1S/C14H26N4/c1-11-9-12(2)18(17-11)8-4-7-16-14-6-3-5-13(15)10-14/h9,13-14,16H,3-8,10,15H2,1-2H3. The van der Waals surface area contributed by atoms with Crippen LogP contribution in [-0.2, 0) is 6.54 Å². The molecule has 0 aromatic carbocycles. The Balaban J connectivity index is 1.65. The first kappa shape index (κ1) is 13.6. The zero-order valence-corrected chi connectivity index (χ0v) is 11.7. The topological polar surface area (TPSA) is 55.9 Å². The first-order chi connectivity index (χ1) is 8.65. The van der Waals surface area contributed by atoms with Gasteiger partial charge in [0.2, 0.25) is 0 Å². The first-order valence-corrected chi connectivity index (χ1v) is 7.15. The van der Waals surface area contributed by atoms with Crippen molar-refractivity contribution in [2.24, 2.45) is 5.73 Å². The lowest BCUT2D eigenvalue weighted by molar-refractivity contribution is 0.335. The molecule has 1 aliphatic carbocycles. The Hall–Kier alpha value is -0.870. The molecule has 0 amide bonds. The molecule has 1 fully saturated rings. The number of aryl methyl sites for hydroxylation is 3. The molecule has 0 radical (unpaired) electrons. The third-order valence-electron chi connectivity index (χ3n) is 3.80. The molecule has 0 saturated heterocycles. The minimum atomic E-state index is 0.409. The predicted molar refractivity (Wildman–Crippen MR) is 74.6 cm³/mol. The van der Waals surface area contributed by atoms with Crippen LogP contribution in [0.4, 0.5) is 0 Å². The van der Waals surface area contributed by atoms with Gasteiger partial charge in [-0.15, -0.1) is 0 Å². The maximum atomic E-state index is 5.99. The first-order valence-electron chi connectivity index (χ1n) is 7.15. The molecule has 3 N–H and O–H groups in total. The van der Waals surface area contributed by atoms with E-state index in [0.29, 0.717) is 12.1 Å². The van der Waals surface area contributed by atoms with Gasteiger partial charge >= 0.3 is 0 Å². The monoisotopic (exact) mass is 250 g/mol. The van der Waals surface area contributed by atoms with E-state index in [-0.39, 0.29) is 0 Å². The second-order valence-electron chi connectivity index (χ2n) is 5.58. The summed E-state index contributed by atoms with van der Waals surface area (Å²) in [5.74, 6) is 0. The van der Waals surface area contributed by atoms with Gasteiger partial charge < -0.3 is 11.1 Å². The normalized spacial score (nSPS) is 24.4. The molecule has 0 spiro atoms. The van der Waals surface area contributed by atoms with Gasteiger partial charge in [0.25, 0.3) is 0 Å². The highest BCUT2D eigenvalue weighted by atomic mass is 15.3. The van der Waals surface area contributed by atoms with Crippen LogP contribution in [0.25, 0.3) is 0 Å². The Morgan fingerprint density at radius 3 is 2.94 bits per heavy atom. The van der Waals surface area contributed by atoms with Crippen LogP contribution in [0.1, 0.15) is 43.5 Å². The summed E-state index contributed by atoms with van der Waals surface area (Å²) in [5, 5.41) is 8.10. The van der Waals surface area contributed by atoms with Gasteiger partial charge in [0.15, 0.2) is 0 Å². The van der Waals surface area contributed by atoms with E-state index in [4.69, 9.17) is 5.73 Å². The molecule has 2 atom stereocenters. The van der Waals surface area contributed by atoms with Crippen molar-refractivity contribution >= 4 is 0 Å². The molecule has 4 heteroatoms. The molecular formula is C14H26N4. The number of rotatable bonds is 5. The highest BCUT2D eigenvalue weighted by Crippen LogP contribution is 2.16. The molecule has 0 aliphatic heterocycles. The van der Waals surface area contributed by atoms with E-state index in [2.05, 4.69) is 28.1 Å². The Morgan fingerprint density at radius 1 is 1.44 bits per heavy atom. The Bertz CT molecular complexity index is 372. The summed E-state index contributed by atoms with van der Waals surface area (Å²) in [5.41, 5.74) is 8.36. The van der Waals surface area contributed by atoms with Gasteiger partial charge in [0.1, 0.15) is 0 Å². The molecule has 1 aromatic rings. The van der Waals surface area contributed by atoms with E-state index < -0.39 is 0 Å². The zero-order valence-electron chi connectivity index (χ0n) is 11.7. The highest BCUT2D eigenvalue weighted by molar-refractivity contribution is 5.06. The smallest absolute Gasteiger partial charge is 0.0596 e. The molecule has 1 saturated carbocycles. The van der Waals surface area contributed by atoms with E-state index in [9.17, 15) is 0 Å². The van der Waals surface area contributed by atoms with Crippen LogP contribution >= 0.6 is 0 Å². The van der Waals surface area contributed by atoms with Crippen molar-refractivity contribution in [3.05, 3.63) is 17.5 Å². The molecular weight excluding hydrogens is 224 g/mol. The van der Waals surface area contributed by atoms with Crippen LogP contribution in [0.3, 0.4) is 0 Å². The SMILES string of the molecule is Cc1cc(C)n(CCCNC2CCCC(N)C2)n1. The van der Waals surface area contributed by atoms with E-state index in [1.54, 1.807) is 0 Å². The molecule has 2 rings (SSSR count). The van der Waals surface area contributed by atoms with Crippen LogP contribution in [0.2, 0.25) is 0 Å². The Labute approximate surface area is 110 Å². The summed E-state index contributed by atoms with van der Waals surface area (Å²) in [6.45, 7) is 6.24. The highest BCUT2D eigenvalue weighted by Gasteiger charge is 2.18.